The van der Waals surface area contributed by atoms with Crippen LogP contribution in [0.4, 0.5) is 0 Å². The predicted molar refractivity (Wildman–Crippen MR) is 110 cm³/mol. The minimum absolute atomic E-state index is 0.0573. The van der Waals surface area contributed by atoms with Gasteiger partial charge in [0.15, 0.2) is 18.1 Å². The van der Waals surface area contributed by atoms with E-state index in [2.05, 4.69) is 26.0 Å². The molecular formula is C21H19BrN2O5. The molecule has 0 aliphatic rings. The first-order valence-electron chi connectivity index (χ1n) is 8.49. The molecule has 0 heterocycles. The molecule has 1 N–H and O–H groups in total. The quantitative estimate of drug-likeness (QED) is 0.370. The monoisotopic (exact) mass is 458 g/mol. The molecular weight excluding hydrogens is 440 g/mol. The molecule has 0 aliphatic heterocycles. The second-order valence-electron chi connectivity index (χ2n) is 5.74. The Kier molecular flexibility index (Phi) is 8.25. The zero-order valence-electron chi connectivity index (χ0n) is 15.9. The number of methoxy groups -OCH3 is 2. The van der Waals surface area contributed by atoms with E-state index >= 15 is 0 Å². The number of ether oxygens (including phenoxy) is 3. The number of benzene rings is 2. The number of halogens is 1. The Morgan fingerprint density at radius 3 is 2.55 bits per heavy atom. The highest BCUT2D eigenvalue weighted by atomic mass is 79.9. The molecule has 29 heavy (non-hydrogen) atoms. The number of hydrogen-bond donors (Lipinski definition) is 1. The van der Waals surface area contributed by atoms with Crippen molar-refractivity contribution in [2.75, 3.05) is 20.8 Å². The molecule has 0 saturated heterocycles. The molecule has 0 radical (unpaired) electrons. The lowest BCUT2D eigenvalue weighted by atomic mass is 10.1. The Bertz CT molecular complexity index is 952. The number of nitriles is 1. The molecule has 150 valence electrons. The van der Waals surface area contributed by atoms with Crippen LogP contribution in [0.25, 0.3) is 6.08 Å². The summed E-state index contributed by atoms with van der Waals surface area (Å²) in [7, 11) is 2.70. The molecule has 0 atom stereocenters. The number of carbonyl (C=O) groups is 2. The van der Waals surface area contributed by atoms with Crippen molar-refractivity contribution in [1.82, 2.24) is 5.32 Å². The number of nitrogens with zero attached hydrogens (tertiary/aromatic N) is 1. The van der Waals surface area contributed by atoms with Gasteiger partial charge in [-0.1, -0.05) is 30.3 Å². The molecule has 8 heteroatoms. The van der Waals surface area contributed by atoms with E-state index < -0.39 is 11.9 Å². The smallest absolute Gasteiger partial charge is 0.343 e. The molecule has 2 rings (SSSR count). The number of esters is 1. The molecule has 0 unspecified atom stereocenters. The van der Waals surface area contributed by atoms with Gasteiger partial charge in [-0.3, -0.25) is 4.79 Å². The lowest BCUT2D eigenvalue weighted by Gasteiger charge is -2.13. The summed E-state index contributed by atoms with van der Waals surface area (Å²) >= 11 is 3.35. The van der Waals surface area contributed by atoms with Crippen molar-refractivity contribution < 1.29 is 23.8 Å². The van der Waals surface area contributed by atoms with Crippen molar-refractivity contribution in [1.29, 1.82) is 5.26 Å². The summed E-state index contributed by atoms with van der Waals surface area (Å²) in [6, 6.07) is 14.5. The molecule has 0 aliphatic carbocycles. The van der Waals surface area contributed by atoms with E-state index in [-0.39, 0.29) is 12.2 Å². The zero-order valence-corrected chi connectivity index (χ0v) is 17.5. The molecule has 2 aromatic rings. The Hall–Kier alpha value is -3.31. The van der Waals surface area contributed by atoms with Crippen molar-refractivity contribution in [3.8, 4) is 17.6 Å². The van der Waals surface area contributed by atoms with Gasteiger partial charge in [0, 0.05) is 6.54 Å². The van der Waals surface area contributed by atoms with Crippen molar-refractivity contribution in [3.05, 3.63) is 63.6 Å². The summed E-state index contributed by atoms with van der Waals surface area (Å²) in [5.74, 6) is -0.388. The molecule has 0 bridgehead atoms. The van der Waals surface area contributed by atoms with Crippen LogP contribution < -0.4 is 14.8 Å². The number of nitrogens with one attached hydrogen (secondary N) is 1. The van der Waals surface area contributed by atoms with E-state index in [0.717, 1.165) is 5.56 Å². The Labute approximate surface area is 177 Å². The van der Waals surface area contributed by atoms with Gasteiger partial charge in [-0.25, -0.2) is 4.79 Å². The standard InChI is InChI=1S/C21H19BrN2O5/c1-27-18-10-15(9-17(22)20(18)29-13-19(25)28-2)8-16(11-23)21(26)24-12-14-6-4-3-5-7-14/h3-10H,12-13H2,1-2H3,(H,24,26)/b16-8-. The molecule has 0 aromatic heterocycles. The Morgan fingerprint density at radius 1 is 1.21 bits per heavy atom. The molecule has 1 amide bonds. The van der Waals surface area contributed by atoms with E-state index in [1.54, 1.807) is 12.1 Å². The maximum atomic E-state index is 12.3. The van der Waals surface area contributed by atoms with Gasteiger partial charge in [0.2, 0.25) is 0 Å². The van der Waals surface area contributed by atoms with Crippen molar-refractivity contribution in [2.24, 2.45) is 0 Å². The fourth-order valence-electron chi connectivity index (χ4n) is 2.34. The van der Waals surface area contributed by atoms with Crippen molar-refractivity contribution >= 4 is 33.9 Å². The predicted octanol–water partition coefficient (Wildman–Crippen LogP) is 3.23. The summed E-state index contributed by atoms with van der Waals surface area (Å²) in [5, 5.41) is 12.1. The number of carbonyl (C=O) groups excluding carboxylic acids is 2. The van der Waals surface area contributed by atoms with Gasteiger partial charge in [0.05, 0.1) is 18.7 Å². The van der Waals surface area contributed by atoms with E-state index in [1.165, 1.54) is 20.3 Å². The van der Waals surface area contributed by atoms with Crippen LogP contribution in [-0.2, 0) is 20.9 Å². The summed E-state index contributed by atoms with van der Waals surface area (Å²) in [6.07, 6.45) is 1.44. The second kappa shape index (κ2) is 10.9. The van der Waals surface area contributed by atoms with E-state index in [9.17, 15) is 14.9 Å². The first-order chi connectivity index (χ1) is 14.0. The fourth-order valence-corrected chi connectivity index (χ4v) is 2.92. The topological polar surface area (TPSA) is 97.7 Å². The number of rotatable bonds is 8. The molecule has 0 spiro atoms. The van der Waals surface area contributed by atoms with Crippen LogP contribution in [0.1, 0.15) is 11.1 Å². The first-order valence-corrected chi connectivity index (χ1v) is 9.28. The zero-order chi connectivity index (χ0) is 21.2. The second-order valence-corrected chi connectivity index (χ2v) is 6.59. The highest BCUT2D eigenvalue weighted by Gasteiger charge is 2.15. The molecule has 2 aromatic carbocycles. The average molecular weight is 459 g/mol. The Morgan fingerprint density at radius 2 is 1.93 bits per heavy atom. The lowest BCUT2D eigenvalue weighted by Crippen LogP contribution is -2.23. The van der Waals surface area contributed by atoms with Crippen LogP contribution in [0.3, 0.4) is 0 Å². The van der Waals surface area contributed by atoms with Gasteiger partial charge < -0.3 is 19.5 Å². The highest BCUT2D eigenvalue weighted by molar-refractivity contribution is 9.10. The normalized spacial score (nSPS) is 10.6. The lowest BCUT2D eigenvalue weighted by molar-refractivity contribution is -0.142. The average Bonchev–Trinajstić information content (AvgIpc) is 2.75. The van der Waals surface area contributed by atoms with E-state index in [0.29, 0.717) is 28.1 Å². The van der Waals surface area contributed by atoms with Crippen molar-refractivity contribution in [3.63, 3.8) is 0 Å². The third-order valence-electron chi connectivity index (χ3n) is 3.79. The van der Waals surface area contributed by atoms with Crippen LogP contribution in [0.15, 0.2) is 52.5 Å². The highest BCUT2D eigenvalue weighted by Crippen LogP contribution is 2.37. The van der Waals surface area contributed by atoms with Crippen molar-refractivity contribution in [2.45, 2.75) is 6.54 Å². The van der Waals surface area contributed by atoms with Crippen LogP contribution in [0.5, 0.6) is 11.5 Å². The van der Waals surface area contributed by atoms with Crippen LogP contribution >= 0.6 is 15.9 Å². The van der Waals surface area contributed by atoms with Gasteiger partial charge in [-0.2, -0.15) is 5.26 Å². The van der Waals surface area contributed by atoms with Gasteiger partial charge in [0.1, 0.15) is 11.6 Å². The largest absolute Gasteiger partial charge is 0.493 e. The maximum Gasteiger partial charge on any atom is 0.343 e. The van der Waals surface area contributed by atoms with Gasteiger partial charge in [0.25, 0.3) is 5.91 Å². The molecule has 0 fully saturated rings. The van der Waals surface area contributed by atoms with E-state index in [4.69, 9.17) is 9.47 Å². The minimum atomic E-state index is -0.537. The molecule has 0 saturated carbocycles. The first kappa shape index (κ1) is 22.0. The maximum absolute atomic E-state index is 12.3. The van der Waals surface area contributed by atoms with E-state index in [1.807, 2.05) is 36.4 Å². The number of amides is 1. The van der Waals surface area contributed by atoms with Gasteiger partial charge in [-0.05, 0) is 45.3 Å². The van der Waals surface area contributed by atoms with Gasteiger partial charge >= 0.3 is 5.97 Å². The summed E-state index contributed by atoms with van der Waals surface area (Å²) in [6.45, 7) is 0.0258. The summed E-state index contributed by atoms with van der Waals surface area (Å²) < 4.78 is 15.8. The SMILES string of the molecule is COC(=O)COc1c(Br)cc(/C=C(/C#N)C(=O)NCc2ccccc2)cc1OC. The van der Waals surface area contributed by atoms with Gasteiger partial charge in [-0.15, -0.1) is 0 Å². The van der Waals surface area contributed by atoms with Crippen LogP contribution in [0, 0.1) is 11.3 Å². The fraction of sp³-hybridized carbons (Fsp3) is 0.190. The Balaban J connectivity index is 2.19. The van der Waals surface area contributed by atoms with Crippen LogP contribution in [-0.4, -0.2) is 32.7 Å². The minimum Gasteiger partial charge on any atom is -0.493 e. The number of hydrogen-bond acceptors (Lipinski definition) is 6. The summed E-state index contributed by atoms with van der Waals surface area (Å²) in [5.41, 5.74) is 1.42. The molecule has 7 nitrogen and oxygen atoms in total. The summed E-state index contributed by atoms with van der Waals surface area (Å²) in [4.78, 5) is 23.6. The third-order valence-corrected chi connectivity index (χ3v) is 4.37. The van der Waals surface area contributed by atoms with Crippen LogP contribution in [0.2, 0.25) is 0 Å². The third kappa shape index (κ3) is 6.36.